The highest BCUT2D eigenvalue weighted by Crippen LogP contribution is 2.21. The standard InChI is InChI=1S/C27H40N6O5S/c1-39-14-11-21(26(36)33-13-6-10-23(33)27(37)38)31-25(35)22(32-24(34)19(29)8-4-5-12-28)15-17-16-30-20-9-3-2-7-18(17)20/h2-3,7,9,16,19,21-23,30H,4-6,8,10-15,28-29H2,1H3,(H,31,35)(H,32,34)(H,37,38). The van der Waals surface area contributed by atoms with E-state index in [0.717, 1.165) is 22.9 Å². The van der Waals surface area contributed by atoms with Crippen molar-refractivity contribution in [1.29, 1.82) is 0 Å². The fraction of sp³-hybridized carbons (Fsp3) is 0.556. The van der Waals surface area contributed by atoms with Crippen LogP contribution < -0.4 is 22.1 Å². The van der Waals surface area contributed by atoms with Crippen LogP contribution >= 0.6 is 11.8 Å². The molecule has 0 aliphatic carbocycles. The SMILES string of the molecule is CSCCC(NC(=O)C(Cc1c[nH]c2ccccc12)NC(=O)C(N)CCCCN)C(=O)N1CCCC1C(=O)O. The second kappa shape index (κ2) is 14.9. The van der Waals surface area contributed by atoms with E-state index < -0.39 is 47.9 Å². The summed E-state index contributed by atoms with van der Waals surface area (Å²) < 4.78 is 0. The highest BCUT2D eigenvalue weighted by molar-refractivity contribution is 7.98. The summed E-state index contributed by atoms with van der Waals surface area (Å²) in [5.41, 5.74) is 13.4. The van der Waals surface area contributed by atoms with Crippen LogP contribution in [-0.4, -0.2) is 87.9 Å². The number of aromatic amines is 1. The van der Waals surface area contributed by atoms with E-state index in [4.69, 9.17) is 11.5 Å². The van der Waals surface area contributed by atoms with Crippen molar-refractivity contribution in [3.05, 3.63) is 36.0 Å². The molecule has 39 heavy (non-hydrogen) atoms. The normalized spacial score (nSPS) is 17.5. The number of nitrogens with two attached hydrogens (primary N) is 2. The number of nitrogens with zero attached hydrogens (tertiary/aromatic N) is 1. The predicted molar refractivity (Wildman–Crippen MR) is 152 cm³/mol. The molecule has 12 heteroatoms. The number of carboxylic acids is 1. The molecule has 1 fully saturated rings. The van der Waals surface area contributed by atoms with Crippen molar-refractivity contribution in [2.75, 3.05) is 25.1 Å². The minimum atomic E-state index is -1.05. The number of amides is 3. The van der Waals surface area contributed by atoms with E-state index in [9.17, 15) is 24.3 Å². The van der Waals surface area contributed by atoms with Crippen LogP contribution in [0.25, 0.3) is 10.9 Å². The molecule has 2 aromatic rings. The van der Waals surface area contributed by atoms with Crippen LogP contribution in [-0.2, 0) is 25.6 Å². The summed E-state index contributed by atoms with van der Waals surface area (Å²) in [6.07, 6.45) is 7.05. The number of aliphatic carboxylic acids is 1. The molecule has 0 saturated carbocycles. The van der Waals surface area contributed by atoms with E-state index in [1.165, 1.54) is 16.7 Å². The molecule has 0 spiro atoms. The predicted octanol–water partition coefficient (Wildman–Crippen LogP) is 0.965. The van der Waals surface area contributed by atoms with Crippen molar-refractivity contribution in [2.24, 2.45) is 11.5 Å². The van der Waals surface area contributed by atoms with Crippen molar-refractivity contribution >= 4 is 46.4 Å². The van der Waals surface area contributed by atoms with E-state index in [2.05, 4.69) is 15.6 Å². The summed E-state index contributed by atoms with van der Waals surface area (Å²) in [5.74, 6) is -1.85. The number of benzene rings is 1. The molecule has 4 atom stereocenters. The Hall–Kier alpha value is -3.09. The second-order valence-corrected chi connectivity index (χ2v) is 10.9. The molecule has 3 rings (SSSR count). The number of H-pyrrole nitrogens is 1. The monoisotopic (exact) mass is 560 g/mol. The number of hydrogen-bond donors (Lipinski definition) is 6. The fourth-order valence-electron chi connectivity index (χ4n) is 4.90. The van der Waals surface area contributed by atoms with Gasteiger partial charge in [-0.3, -0.25) is 14.4 Å². The van der Waals surface area contributed by atoms with Gasteiger partial charge in [0.2, 0.25) is 17.7 Å². The molecule has 8 N–H and O–H groups in total. The molecule has 1 aromatic carbocycles. The van der Waals surface area contributed by atoms with Crippen molar-refractivity contribution < 1.29 is 24.3 Å². The smallest absolute Gasteiger partial charge is 0.326 e. The zero-order chi connectivity index (χ0) is 28.4. The van der Waals surface area contributed by atoms with Gasteiger partial charge in [0.15, 0.2) is 0 Å². The Kier molecular flexibility index (Phi) is 11.6. The highest BCUT2D eigenvalue weighted by atomic mass is 32.2. The molecule has 3 amide bonds. The summed E-state index contributed by atoms with van der Waals surface area (Å²) in [4.78, 5) is 56.2. The molecule has 4 unspecified atom stereocenters. The zero-order valence-electron chi connectivity index (χ0n) is 22.4. The average molecular weight is 561 g/mol. The Balaban J connectivity index is 1.81. The topological polar surface area (TPSA) is 184 Å². The maximum absolute atomic E-state index is 13.6. The van der Waals surface area contributed by atoms with Gasteiger partial charge >= 0.3 is 5.97 Å². The molecule has 1 saturated heterocycles. The highest BCUT2D eigenvalue weighted by Gasteiger charge is 2.38. The first kappa shape index (κ1) is 30.5. The lowest BCUT2D eigenvalue weighted by Gasteiger charge is -2.29. The maximum atomic E-state index is 13.6. The molecule has 1 aromatic heterocycles. The van der Waals surface area contributed by atoms with Gasteiger partial charge in [0, 0.05) is 30.1 Å². The quantitative estimate of drug-likeness (QED) is 0.174. The lowest BCUT2D eigenvalue weighted by molar-refractivity contribution is -0.149. The third kappa shape index (κ3) is 8.20. The first-order valence-electron chi connectivity index (χ1n) is 13.4. The van der Waals surface area contributed by atoms with Gasteiger partial charge in [-0.15, -0.1) is 0 Å². The summed E-state index contributed by atoms with van der Waals surface area (Å²) in [6, 6.07) is 4.05. The van der Waals surface area contributed by atoms with Crippen LogP contribution in [0.4, 0.5) is 0 Å². The van der Waals surface area contributed by atoms with Gasteiger partial charge in [0.25, 0.3) is 0 Å². The number of carbonyl (C=O) groups is 4. The zero-order valence-corrected chi connectivity index (χ0v) is 23.2. The fourth-order valence-corrected chi connectivity index (χ4v) is 5.37. The number of carboxylic acid groups (broad SMARTS) is 1. The Bertz CT molecular complexity index is 1140. The molecule has 11 nitrogen and oxygen atoms in total. The van der Waals surface area contributed by atoms with Gasteiger partial charge in [-0.05, 0) is 62.3 Å². The number of fused-ring (bicyclic) bond motifs is 1. The second-order valence-electron chi connectivity index (χ2n) is 9.89. The molecular formula is C27H40N6O5S. The molecule has 2 heterocycles. The molecule has 0 radical (unpaired) electrons. The Labute approximate surface area is 232 Å². The Morgan fingerprint density at radius 1 is 1.13 bits per heavy atom. The molecule has 1 aliphatic heterocycles. The lowest BCUT2D eigenvalue weighted by atomic mass is 10.0. The van der Waals surface area contributed by atoms with E-state index in [-0.39, 0.29) is 6.42 Å². The van der Waals surface area contributed by atoms with Gasteiger partial charge in [-0.2, -0.15) is 11.8 Å². The summed E-state index contributed by atoms with van der Waals surface area (Å²) in [7, 11) is 0. The maximum Gasteiger partial charge on any atom is 0.326 e. The number of para-hydroxylation sites is 1. The number of thioether (sulfide) groups is 1. The number of aromatic nitrogens is 1. The first-order valence-corrected chi connectivity index (χ1v) is 14.8. The number of hydrogen-bond acceptors (Lipinski definition) is 7. The third-order valence-electron chi connectivity index (χ3n) is 7.08. The van der Waals surface area contributed by atoms with E-state index in [1.54, 1.807) is 6.20 Å². The van der Waals surface area contributed by atoms with Gasteiger partial charge < -0.3 is 37.1 Å². The minimum Gasteiger partial charge on any atom is -0.480 e. The van der Waals surface area contributed by atoms with Crippen LogP contribution in [0.5, 0.6) is 0 Å². The van der Waals surface area contributed by atoms with Crippen molar-refractivity contribution in [1.82, 2.24) is 20.5 Å². The van der Waals surface area contributed by atoms with Gasteiger partial charge in [-0.25, -0.2) is 4.79 Å². The van der Waals surface area contributed by atoms with Crippen molar-refractivity contribution in [3.8, 4) is 0 Å². The summed E-state index contributed by atoms with van der Waals surface area (Å²) in [5, 5.41) is 16.1. The molecule has 0 bridgehead atoms. The third-order valence-corrected chi connectivity index (χ3v) is 7.73. The van der Waals surface area contributed by atoms with E-state index >= 15 is 0 Å². The summed E-state index contributed by atoms with van der Waals surface area (Å²) in [6.45, 7) is 0.833. The Morgan fingerprint density at radius 2 is 1.87 bits per heavy atom. The van der Waals surface area contributed by atoms with Crippen molar-refractivity contribution in [3.63, 3.8) is 0 Å². The van der Waals surface area contributed by atoms with E-state index in [1.807, 2.05) is 30.5 Å². The minimum absolute atomic E-state index is 0.183. The summed E-state index contributed by atoms with van der Waals surface area (Å²) >= 11 is 1.52. The van der Waals surface area contributed by atoms with Crippen LogP contribution in [0.2, 0.25) is 0 Å². The number of rotatable bonds is 15. The number of carbonyl (C=O) groups excluding carboxylic acids is 3. The molecule has 214 valence electrons. The van der Waals surface area contributed by atoms with Gasteiger partial charge in [-0.1, -0.05) is 24.6 Å². The average Bonchev–Trinajstić information content (AvgIpc) is 3.58. The largest absolute Gasteiger partial charge is 0.480 e. The van der Waals surface area contributed by atoms with Gasteiger partial charge in [0.05, 0.1) is 6.04 Å². The van der Waals surface area contributed by atoms with Crippen LogP contribution in [0.1, 0.15) is 44.1 Å². The lowest BCUT2D eigenvalue weighted by Crippen LogP contribution is -2.57. The van der Waals surface area contributed by atoms with Crippen LogP contribution in [0.3, 0.4) is 0 Å². The Morgan fingerprint density at radius 3 is 2.59 bits per heavy atom. The van der Waals surface area contributed by atoms with Crippen LogP contribution in [0, 0.1) is 0 Å². The van der Waals surface area contributed by atoms with Crippen LogP contribution in [0.15, 0.2) is 30.5 Å². The molecular weight excluding hydrogens is 520 g/mol. The first-order chi connectivity index (χ1) is 18.8. The van der Waals surface area contributed by atoms with E-state index in [0.29, 0.717) is 50.9 Å². The number of unbranched alkanes of at least 4 members (excludes halogenated alkanes) is 1. The van der Waals surface area contributed by atoms with Crippen molar-refractivity contribution in [2.45, 2.75) is 69.1 Å². The number of likely N-dealkylation sites (tertiary alicyclic amines) is 1. The molecule has 1 aliphatic rings. The van der Waals surface area contributed by atoms with Gasteiger partial charge in [0.1, 0.15) is 18.1 Å². The number of nitrogens with one attached hydrogen (secondary N) is 3.